The third kappa shape index (κ3) is 3.27. The number of piperazine rings is 1. The zero-order valence-electron chi connectivity index (χ0n) is 14.6. The van der Waals surface area contributed by atoms with Crippen LogP contribution in [0.15, 0.2) is 29.6 Å². The van der Waals surface area contributed by atoms with Crippen LogP contribution in [0.1, 0.15) is 11.3 Å². The number of thiazole rings is 1. The molecule has 0 atom stereocenters. The van der Waals surface area contributed by atoms with Gasteiger partial charge in [0.15, 0.2) is 5.13 Å². The van der Waals surface area contributed by atoms with E-state index in [1.54, 1.807) is 23.5 Å². The summed E-state index contributed by atoms with van der Waals surface area (Å²) in [6.45, 7) is 5.19. The van der Waals surface area contributed by atoms with Crippen molar-refractivity contribution in [3.8, 4) is 6.07 Å². The largest absolute Gasteiger partial charge is 0.353 e. The standard InChI is InChI=1S/C18H16N6O2S/c1-12-11-27-18(20-12)23-6-4-22(5-7-23)17-8-13(10-19)15-9-14(24(25)26)2-3-16(15)21-17/h2-3,8-9,11H,4-7H2,1H3. The molecule has 0 spiro atoms. The van der Waals surface area contributed by atoms with Crippen molar-refractivity contribution in [1.82, 2.24) is 9.97 Å². The van der Waals surface area contributed by atoms with E-state index in [1.807, 2.05) is 12.3 Å². The Morgan fingerprint density at radius 2 is 1.93 bits per heavy atom. The van der Waals surface area contributed by atoms with Crippen molar-refractivity contribution in [3.63, 3.8) is 0 Å². The van der Waals surface area contributed by atoms with Crippen LogP contribution in [0.5, 0.6) is 0 Å². The van der Waals surface area contributed by atoms with Crippen LogP contribution in [0.2, 0.25) is 0 Å². The summed E-state index contributed by atoms with van der Waals surface area (Å²) in [5.74, 6) is 0.725. The molecule has 1 aliphatic rings. The summed E-state index contributed by atoms with van der Waals surface area (Å²) in [5, 5.41) is 24.1. The Balaban J connectivity index is 1.60. The molecular formula is C18H16N6O2S. The highest BCUT2D eigenvalue weighted by Crippen LogP contribution is 2.28. The lowest BCUT2D eigenvalue weighted by Gasteiger charge is -2.35. The number of nitrogens with zero attached hydrogens (tertiary/aromatic N) is 6. The lowest BCUT2D eigenvalue weighted by Crippen LogP contribution is -2.46. The van der Waals surface area contributed by atoms with Gasteiger partial charge in [0, 0.05) is 49.1 Å². The number of nitro groups is 1. The molecule has 1 aromatic carbocycles. The quantitative estimate of drug-likeness (QED) is 0.508. The SMILES string of the molecule is Cc1csc(N2CCN(c3cc(C#N)c4cc([N+](=O)[O-])ccc4n3)CC2)n1. The van der Waals surface area contributed by atoms with Gasteiger partial charge in [-0.15, -0.1) is 11.3 Å². The van der Waals surface area contributed by atoms with Crippen molar-refractivity contribution in [2.24, 2.45) is 0 Å². The zero-order chi connectivity index (χ0) is 19.0. The number of pyridine rings is 1. The average molecular weight is 380 g/mol. The van der Waals surface area contributed by atoms with Gasteiger partial charge in [-0.25, -0.2) is 9.97 Å². The van der Waals surface area contributed by atoms with E-state index in [-0.39, 0.29) is 5.69 Å². The minimum absolute atomic E-state index is 0.0408. The molecule has 1 fully saturated rings. The van der Waals surface area contributed by atoms with Crippen molar-refractivity contribution in [3.05, 3.63) is 51.0 Å². The second-order valence-corrected chi connectivity index (χ2v) is 7.18. The maximum atomic E-state index is 11.0. The van der Waals surface area contributed by atoms with Gasteiger partial charge >= 0.3 is 0 Å². The molecule has 3 aromatic rings. The maximum absolute atomic E-state index is 11.0. The first-order valence-electron chi connectivity index (χ1n) is 8.46. The number of non-ortho nitro benzene ring substituents is 1. The number of hydrogen-bond acceptors (Lipinski definition) is 8. The van der Waals surface area contributed by atoms with Gasteiger partial charge < -0.3 is 9.80 Å². The summed E-state index contributed by atoms with van der Waals surface area (Å²) < 4.78 is 0. The minimum atomic E-state index is -0.464. The molecule has 0 bridgehead atoms. The lowest BCUT2D eigenvalue weighted by atomic mass is 10.1. The molecule has 3 heterocycles. The van der Waals surface area contributed by atoms with E-state index < -0.39 is 4.92 Å². The van der Waals surface area contributed by atoms with Crippen molar-refractivity contribution >= 4 is 38.9 Å². The fourth-order valence-corrected chi connectivity index (χ4v) is 4.04. The Bertz CT molecular complexity index is 1070. The molecule has 0 unspecified atom stereocenters. The van der Waals surface area contributed by atoms with Gasteiger partial charge in [-0.1, -0.05) is 0 Å². The van der Waals surface area contributed by atoms with E-state index in [9.17, 15) is 15.4 Å². The van der Waals surface area contributed by atoms with Crippen molar-refractivity contribution < 1.29 is 4.92 Å². The monoisotopic (exact) mass is 380 g/mol. The fourth-order valence-electron chi connectivity index (χ4n) is 3.18. The lowest BCUT2D eigenvalue weighted by molar-refractivity contribution is -0.384. The van der Waals surface area contributed by atoms with Crippen LogP contribution in [0.25, 0.3) is 10.9 Å². The van der Waals surface area contributed by atoms with E-state index in [4.69, 9.17) is 0 Å². The predicted octanol–water partition coefficient (Wildman–Crippen LogP) is 3.11. The third-order valence-electron chi connectivity index (χ3n) is 4.59. The van der Waals surface area contributed by atoms with Gasteiger partial charge in [0.1, 0.15) is 5.82 Å². The molecule has 2 aromatic heterocycles. The van der Waals surface area contributed by atoms with E-state index >= 15 is 0 Å². The maximum Gasteiger partial charge on any atom is 0.270 e. The first kappa shape index (κ1) is 17.2. The Hall–Kier alpha value is -3.25. The molecule has 8 nitrogen and oxygen atoms in total. The van der Waals surface area contributed by atoms with E-state index in [0.717, 1.165) is 42.8 Å². The van der Waals surface area contributed by atoms with Crippen molar-refractivity contribution in [1.29, 1.82) is 5.26 Å². The molecule has 0 aliphatic carbocycles. The summed E-state index contributed by atoms with van der Waals surface area (Å²) in [6, 6.07) is 8.30. The smallest absolute Gasteiger partial charge is 0.270 e. The summed E-state index contributed by atoms with van der Waals surface area (Å²) in [7, 11) is 0. The second kappa shape index (κ2) is 6.81. The molecular weight excluding hydrogens is 364 g/mol. The van der Waals surface area contributed by atoms with Crippen molar-refractivity contribution in [2.45, 2.75) is 6.92 Å². The van der Waals surface area contributed by atoms with E-state index in [2.05, 4.69) is 25.8 Å². The Kier molecular flexibility index (Phi) is 4.33. The van der Waals surface area contributed by atoms with Gasteiger partial charge in [0.2, 0.25) is 0 Å². The number of rotatable bonds is 3. The predicted molar refractivity (Wildman–Crippen MR) is 104 cm³/mol. The molecule has 27 heavy (non-hydrogen) atoms. The summed E-state index contributed by atoms with van der Waals surface area (Å²) in [4.78, 5) is 24.1. The Morgan fingerprint density at radius 1 is 1.19 bits per heavy atom. The fraction of sp³-hybridized carbons (Fsp3) is 0.278. The molecule has 1 saturated heterocycles. The number of aryl methyl sites for hydroxylation is 1. The first-order valence-corrected chi connectivity index (χ1v) is 9.34. The topological polar surface area (TPSA) is 99.2 Å². The average Bonchev–Trinajstić information content (AvgIpc) is 3.13. The van der Waals surface area contributed by atoms with Crippen LogP contribution in [0.4, 0.5) is 16.6 Å². The van der Waals surface area contributed by atoms with Crippen LogP contribution in [0, 0.1) is 28.4 Å². The molecule has 0 radical (unpaired) electrons. The van der Waals surface area contributed by atoms with Gasteiger partial charge in [0.25, 0.3) is 5.69 Å². The van der Waals surface area contributed by atoms with E-state index in [0.29, 0.717) is 16.5 Å². The number of nitro benzene ring substituents is 1. The first-order chi connectivity index (χ1) is 13.0. The van der Waals surface area contributed by atoms with Gasteiger partial charge in [-0.3, -0.25) is 10.1 Å². The Morgan fingerprint density at radius 3 is 2.56 bits per heavy atom. The van der Waals surface area contributed by atoms with Crippen molar-refractivity contribution in [2.75, 3.05) is 36.0 Å². The highest BCUT2D eigenvalue weighted by atomic mass is 32.1. The normalized spacial score (nSPS) is 14.4. The molecule has 9 heteroatoms. The number of hydrogen-bond donors (Lipinski definition) is 0. The number of fused-ring (bicyclic) bond motifs is 1. The zero-order valence-corrected chi connectivity index (χ0v) is 15.4. The van der Waals surface area contributed by atoms with E-state index in [1.165, 1.54) is 12.1 Å². The minimum Gasteiger partial charge on any atom is -0.353 e. The Labute approximate surface area is 159 Å². The van der Waals surface area contributed by atoms with Gasteiger partial charge in [-0.2, -0.15) is 5.26 Å². The van der Waals surface area contributed by atoms with Gasteiger partial charge in [0.05, 0.1) is 27.8 Å². The number of benzene rings is 1. The highest BCUT2D eigenvalue weighted by molar-refractivity contribution is 7.13. The number of nitriles is 1. The van der Waals surface area contributed by atoms with Crippen LogP contribution < -0.4 is 9.80 Å². The molecule has 0 saturated carbocycles. The number of aromatic nitrogens is 2. The molecule has 136 valence electrons. The van der Waals surface area contributed by atoms with Crippen LogP contribution in [0.3, 0.4) is 0 Å². The van der Waals surface area contributed by atoms with Gasteiger partial charge in [-0.05, 0) is 19.1 Å². The molecule has 1 aliphatic heterocycles. The summed E-state index contributed by atoms with van der Waals surface area (Å²) in [5.41, 5.74) is 1.98. The molecule has 4 rings (SSSR count). The summed E-state index contributed by atoms with van der Waals surface area (Å²) in [6.07, 6.45) is 0. The van der Waals surface area contributed by atoms with Crippen LogP contribution >= 0.6 is 11.3 Å². The molecule has 0 N–H and O–H groups in total. The third-order valence-corrected chi connectivity index (χ3v) is 5.61. The summed E-state index contributed by atoms with van der Waals surface area (Å²) >= 11 is 1.65. The second-order valence-electron chi connectivity index (χ2n) is 6.34. The highest BCUT2D eigenvalue weighted by Gasteiger charge is 2.21. The number of anilines is 2. The van der Waals surface area contributed by atoms with Crippen LogP contribution in [-0.4, -0.2) is 41.1 Å². The van der Waals surface area contributed by atoms with Crippen LogP contribution in [-0.2, 0) is 0 Å². The molecule has 0 amide bonds.